The van der Waals surface area contributed by atoms with Crippen LogP contribution in [0.2, 0.25) is 0 Å². The van der Waals surface area contributed by atoms with Crippen LogP contribution in [-0.2, 0) is 14.8 Å². The molecule has 0 aliphatic heterocycles. The number of hydrogen-bond donors (Lipinski definition) is 3. The van der Waals surface area contributed by atoms with E-state index in [1.54, 1.807) is 13.0 Å². The van der Waals surface area contributed by atoms with Crippen molar-refractivity contribution < 1.29 is 13.2 Å². The van der Waals surface area contributed by atoms with E-state index in [-0.39, 0.29) is 16.8 Å². The summed E-state index contributed by atoms with van der Waals surface area (Å²) in [6.45, 7) is 3.78. The van der Waals surface area contributed by atoms with E-state index in [0.717, 1.165) is 16.6 Å². The van der Waals surface area contributed by atoms with Gasteiger partial charge in [0.2, 0.25) is 11.9 Å². The molecular weight excluding hydrogens is 448 g/mol. The van der Waals surface area contributed by atoms with Gasteiger partial charge < -0.3 is 10.3 Å². The van der Waals surface area contributed by atoms with Crippen LogP contribution in [0.15, 0.2) is 71.0 Å². The fourth-order valence-electron chi connectivity index (χ4n) is 2.87. The zero-order valence-corrected chi connectivity index (χ0v) is 18.9. The Hall–Kier alpha value is -3.44. The van der Waals surface area contributed by atoms with Crippen LogP contribution in [0, 0.1) is 6.92 Å². The van der Waals surface area contributed by atoms with Crippen molar-refractivity contribution >= 4 is 50.4 Å². The van der Waals surface area contributed by atoms with Crippen LogP contribution >= 0.6 is 11.8 Å². The van der Waals surface area contributed by atoms with Gasteiger partial charge in [-0.15, -0.1) is 0 Å². The minimum absolute atomic E-state index is 0.0172. The molecule has 0 saturated carbocycles. The average Bonchev–Trinajstić information content (AvgIpc) is 3.15. The molecule has 2 heterocycles. The first-order valence-electron chi connectivity index (χ1n) is 9.64. The number of sulfonamides is 1. The number of nitrogens with zero attached hydrogens (tertiary/aromatic N) is 3. The van der Waals surface area contributed by atoms with E-state index in [0.29, 0.717) is 10.8 Å². The minimum Gasteiger partial charge on any atom is -0.333 e. The maximum Gasteiger partial charge on any atom is 0.264 e. The lowest BCUT2D eigenvalue weighted by Crippen LogP contribution is -2.22. The van der Waals surface area contributed by atoms with E-state index in [2.05, 4.69) is 30.0 Å². The molecule has 0 aliphatic rings. The van der Waals surface area contributed by atoms with E-state index in [9.17, 15) is 13.2 Å². The highest BCUT2D eigenvalue weighted by Gasteiger charge is 2.18. The third-order valence-electron chi connectivity index (χ3n) is 4.50. The zero-order valence-electron chi connectivity index (χ0n) is 17.2. The predicted molar refractivity (Wildman–Crippen MR) is 124 cm³/mol. The summed E-state index contributed by atoms with van der Waals surface area (Å²) >= 11 is 1.31. The monoisotopic (exact) mass is 468 g/mol. The van der Waals surface area contributed by atoms with Crippen molar-refractivity contribution in [3.05, 3.63) is 66.5 Å². The first kappa shape index (κ1) is 21.8. The Bertz CT molecular complexity index is 1360. The van der Waals surface area contributed by atoms with Crippen molar-refractivity contribution in [2.75, 3.05) is 10.0 Å². The number of benzene rings is 2. The number of thioether (sulfide) groups is 1. The van der Waals surface area contributed by atoms with Crippen LogP contribution in [0.1, 0.15) is 12.5 Å². The summed E-state index contributed by atoms with van der Waals surface area (Å²) in [5.74, 6) is -0.241. The molecule has 0 radical (unpaired) electrons. The lowest BCUT2D eigenvalue weighted by molar-refractivity contribution is -0.115. The Balaban J connectivity index is 1.39. The number of anilines is 2. The standard InChI is InChI=1S/C21H20N6O3S2/c1-13-4-9-17-18(12-13)26-21(25-17)31-14(2)19(28)24-15-5-7-16(8-6-15)32(29,30)27-20-22-10-3-11-23-20/h3-12,14H,1-2H3,(H,24,28)(H,25,26)(H,22,23,27)/t14-/m1/s1. The topological polar surface area (TPSA) is 130 Å². The molecule has 4 rings (SSSR count). The van der Waals surface area contributed by atoms with Crippen molar-refractivity contribution in [3.8, 4) is 0 Å². The van der Waals surface area contributed by atoms with Crippen LogP contribution in [0.3, 0.4) is 0 Å². The number of imidazole rings is 1. The van der Waals surface area contributed by atoms with E-state index < -0.39 is 15.3 Å². The highest BCUT2D eigenvalue weighted by atomic mass is 32.2. The molecule has 3 N–H and O–H groups in total. The minimum atomic E-state index is -3.84. The number of hydrogen-bond acceptors (Lipinski definition) is 7. The summed E-state index contributed by atoms with van der Waals surface area (Å²) in [4.78, 5) is 28.0. The highest BCUT2D eigenvalue weighted by molar-refractivity contribution is 8.00. The van der Waals surface area contributed by atoms with Crippen LogP contribution in [0.25, 0.3) is 11.0 Å². The van der Waals surface area contributed by atoms with E-state index in [1.807, 2.05) is 25.1 Å². The third kappa shape index (κ3) is 5.06. The second-order valence-electron chi connectivity index (χ2n) is 7.01. The molecule has 9 nitrogen and oxygen atoms in total. The van der Waals surface area contributed by atoms with Crippen molar-refractivity contribution in [2.45, 2.75) is 29.1 Å². The number of carbonyl (C=O) groups is 1. The SMILES string of the molecule is Cc1ccc2nc(S[C@H](C)C(=O)Nc3ccc(S(=O)(=O)Nc4ncccn4)cc3)[nH]c2c1. The van der Waals surface area contributed by atoms with Gasteiger partial charge in [-0.2, -0.15) is 0 Å². The Morgan fingerprint density at radius 2 is 1.81 bits per heavy atom. The second-order valence-corrected chi connectivity index (χ2v) is 10.0. The molecular formula is C21H20N6O3S2. The summed E-state index contributed by atoms with van der Waals surface area (Å²) in [7, 11) is -3.84. The Labute approximate surface area is 189 Å². The number of amides is 1. The van der Waals surface area contributed by atoms with Gasteiger partial charge in [-0.1, -0.05) is 17.8 Å². The summed E-state index contributed by atoms with van der Waals surface area (Å²) in [6, 6.07) is 13.4. The third-order valence-corrected chi connectivity index (χ3v) is 6.83. The number of H-pyrrole nitrogens is 1. The molecule has 32 heavy (non-hydrogen) atoms. The summed E-state index contributed by atoms with van der Waals surface area (Å²) in [6.07, 6.45) is 2.88. The number of carbonyl (C=O) groups excluding carboxylic acids is 1. The second kappa shape index (κ2) is 8.97. The smallest absolute Gasteiger partial charge is 0.264 e. The molecule has 1 amide bonds. The number of aromatic amines is 1. The average molecular weight is 469 g/mol. The van der Waals surface area contributed by atoms with Crippen LogP contribution in [-0.4, -0.2) is 39.5 Å². The molecule has 0 bridgehead atoms. The van der Waals surface area contributed by atoms with Gasteiger partial charge in [0.05, 0.1) is 21.2 Å². The number of nitrogens with one attached hydrogen (secondary N) is 3. The van der Waals surface area contributed by atoms with Crippen molar-refractivity contribution in [1.29, 1.82) is 0 Å². The van der Waals surface area contributed by atoms with Gasteiger partial charge >= 0.3 is 0 Å². The Morgan fingerprint density at radius 1 is 1.09 bits per heavy atom. The van der Waals surface area contributed by atoms with Gasteiger partial charge in [-0.25, -0.2) is 28.1 Å². The molecule has 0 fully saturated rings. The maximum absolute atomic E-state index is 12.6. The Morgan fingerprint density at radius 3 is 2.53 bits per heavy atom. The highest BCUT2D eigenvalue weighted by Crippen LogP contribution is 2.25. The molecule has 2 aromatic carbocycles. The molecule has 164 valence electrons. The van der Waals surface area contributed by atoms with E-state index >= 15 is 0 Å². The van der Waals surface area contributed by atoms with Gasteiger partial charge in [-0.3, -0.25) is 4.79 Å². The lowest BCUT2D eigenvalue weighted by Gasteiger charge is -2.11. The zero-order chi connectivity index (χ0) is 22.7. The quantitative estimate of drug-likeness (QED) is 0.353. The van der Waals surface area contributed by atoms with Gasteiger partial charge in [0.25, 0.3) is 10.0 Å². The molecule has 1 atom stereocenters. The van der Waals surface area contributed by atoms with Gasteiger partial charge in [0.15, 0.2) is 5.16 Å². The van der Waals surface area contributed by atoms with E-state index in [1.165, 1.54) is 48.4 Å². The van der Waals surface area contributed by atoms with Crippen LogP contribution in [0.4, 0.5) is 11.6 Å². The largest absolute Gasteiger partial charge is 0.333 e. The molecule has 4 aromatic rings. The van der Waals surface area contributed by atoms with Gasteiger partial charge in [0, 0.05) is 18.1 Å². The number of rotatable bonds is 7. The summed E-state index contributed by atoms with van der Waals surface area (Å²) in [5, 5.41) is 3.03. The number of aromatic nitrogens is 4. The predicted octanol–water partition coefficient (Wildman–Crippen LogP) is 3.58. The van der Waals surface area contributed by atoms with Crippen molar-refractivity contribution in [3.63, 3.8) is 0 Å². The molecule has 0 aliphatic carbocycles. The van der Waals surface area contributed by atoms with E-state index in [4.69, 9.17) is 0 Å². The number of aryl methyl sites for hydroxylation is 1. The van der Waals surface area contributed by atoms with Crippen LogP contribution in [0.5, 0.6) is 0 Å². The van der Waals surface area contributed by atoms with Crippen molar-refractivity contribution in [1.82, 2.24) is 19.9 Å². The summed E-state index contributed by atoms with van der Waals surface area (Å²) < 4.78 is 27.2. The lowest BCUT2D eigenvalue weighted by atomic mass is 10.2. The molecule has 0 unspecified atom stereocenters. The molecule has 2 aromatic heterocycles. The normalized spacial score (nSPS) is 12.4. The first-order chi connectivity index (χ1) is 15.3. The Kier molecular flexibility index (Phi) is 6.10. The van der Waals surface area contributed by atoms with Gasteiger partial charge in [-0.05, 0) is 61.9 Å². The fraction of sp³-hybridized carbons (Fsp3) is 0.143. The van der Waals surface area contributed by atoms with Gasteiger partial charge in [0.1, 0.15) is 0 Å². The number of fused-ring (bicyclic) bond motifs is 1. The fourth-order valence-corrected chi connectivity index (χ4v) is 4.65. The first-order valence-corrected chi connectivity index (χ1v) is 12.0. The molecule has 11 heteroatoms. The molecule has 0 saturated heterocycles. The summed E-state index contributed by atoms with van der Waals surface area (Å²) in [5.41, 5.74) is 3.38. The maximum atomic E-state index is 12.6. The van der Waals surface area contributed by atoms with Crippen molar-refractivity contribution in [2.24, 2.45) is 0 Å². The van der Waals surface area contributed by atoms with Crippen LogP contribution < -0.4 is 10.0 Å². The molecule has 0 spiro atoms.